The standard InChI is InChI=1S/C12H10ClN3O4/c13-9-5-8(2-1-7(9)6-14)15-12(20)16-10(17)3-4-11(18)19/h1-2,5H,3-4H2,(H,18,19)(H2,15,16,17,20). The number of hydrogen-bond acceptors (Lipinski definition) is 4. The lowest BCUT2D eigenvalue weighted by atomic mass is 10.2. The van der Waals surface area contributed by atoms with E-state index in [1.54, 1.807) is 0 Å². The van der Waals surface area contributed by atoms with Crippen LogP contribution in [0.2, 0.25) is 5.02 Å². The van der Waals surface area contributed by atoms with Crippen molar-refractivity contribution >= 4 is 35.2 Å². The third-order valence-electron chi connectivity index (χ3n) is 2.17. The number of carbonyl (C=O) groups is 3. The van der Waals surface area contributed by atoms with E-state index < -0.39 is 17.9 Å². The molecule has 0 aliphatic heterocycles. The first-order valence-corrected chi connectivity index (χ1v) is 5.82. The summed E-state index contributed by atoms with van der Waals surface area (Å²) in [7, 11) is 0. The summed E-state index contributed by atoms with van der Waals surface area (Å²) in [6.07, 6.45) is -0.654. The Morgan fingerprint density at radius 1 is 1.30 bits per heavy atom. The van der Waals surface area contributed by atoms with E-state index in [1.165, 1.54) is 18.2 Å². The van der Waals surface area contributed by atoms with Gasteiger partial charge >= 0.3 is 12.0 Å². The third kappa shape index (κ3) is 4.96. The van der Waals surface area contributed by atoms with Crippen molar-refractivity contribution in [1.82, 2.24) is 5.32 Å². The number of carboxylic acids is 1. The molecule has 0 aliphatic carbocycles. The molecule has 7 nitrogen and oxygen atoms in total. The number of halogens is 1. The van der Waals surface area contributed by atoms with Crippen LogP contribution in [0, 0.1) is 11.3 Å². The second kappa shape index (κ2) is 7.11. The van der Waals surface area contributed by atoms with Crippen LogP contribution in [0.4, 0.5) is 10.5 Å². The van der Waals surface area contributed by atoms with Crippen molar-refractivity contribution in [1.29, 1.82) is 5.26 Å². The summed E-state index contributed by atoms with van der Waals surface area (Å²) in [6, 6.07) is 5.29. The molecular weight excluding hydrogens is 286 g/mol. The molecule has 0 spiro atoms. The Morgan fingerprint density at radius 3 is 2.55 bits per heavy atom. The smallest absolute Gasteiger partial charge is 0.325 e. The maximum atomic E-state index is 11.4. The van der Waals surface area contributed by atoms with Gasteiger partial charge in [-0.25, -0.2) is 4.79 Å². The summed E-state index contributed by atoms with van der Waals surface area (Å²) < 4.78 is 0. The molecule has 3 N–H and O–H groups in total. The fraction of sp³-hybridized carbons (Fsp3) is 0.167. The summed E-state index contributed by atoms with van der Waals surface area (Å²) in [5, 5.41) is 21.6. The van der Waals surface area contributed by atoms with E-state index in [1.807, 2.05) is 11.4 Å². The predicted octanol–water partition coefficient (Wildman–Crippen LogP) is 1.72. The van der Waals surface area contributed by atoms with Crippen LogP contribution in [0.25, 0.3) is 0 Å². The van der Waals surface area contributed by atoms with Gasteiger partial charge < -0.3 is 10.4 Å². The maximum Gasteiger partial charge on any atom is 0.325 e. The minimum absolute atomic E-state index is 0.169. The lowest BCUT2D eigenvalue weighted by Gasteiger charge is -2.07. The molecule has 8 heteroatoms. The zero-order valence-electron chi connectivity index (χ0n) is 10.1. The molecule has 0 radical (unpaired) electrons. The average molecular weight is 296 g/mol. The Bertz CT molecular complexity index is 595. The Hall–Kier alpha value is -2.59. The summed E-state index contributed by atoms with van der Waals surface area (Å²) in [5.41, 5.74) is 0.563. The van der Waals surface area contributed by atoms with E-state index in [0.29, 0.717) is 5.69 Å². The number of carboxylic acid groups (broad SMARTS) is 1. The van der Waals surface area contributed by atoms with E-state index in [9.17, 15) is 14.4 Å². The van der Waals surface area contributed by atoms with E-state index in [0.717, 1.165) is 0 Å². The van der Waals surface area contributed by atoms with Gasteiger partial charge in [0.15, 0.2) is 0 Å². The van der Waals surface area contributed by atoms with Gasteiger partial charge in [-0.15, -0.1) is 0 Å². The number of anilines is 1. The number of carbonyl (C=O) groups excluding carboxylic acids is 2. The van der Waals surface area contributed by atoms with Crippen LogP contribution in [0.5, 0.6) is 0 Å². The van der Waals surface area contributed by atoms with Crippen molar-refractivity contribution in [3.63, 3.8) is 0 Å². The largest absolute Gasteiger partial charge is 0.481 e. The minimum Gasteiger partial charge on any atom is -0.481 e. The molecule has 0 saturated carbocycles. The molecule has 104 valence electrons. The molecule has 0 atom stereocenters. The second-order valence-electron chi connectivity index (χ2n) is 3.70. The molecule has 1 rings (SSSR count). The van der Waals surface area contributed by atoms with Gasteiger partial charge in [0.25, 0.3) is 0 Å². The van der Waals surface area contributed by atoms with E-state index in [-0.39, 0.29) is 23.4 Å². The molecule has 0 saturated heterocycles. The maximum absolute atomic E-state index is 11.4. The fourth-order valence-corrected chi connectivity index (χ4v) is 1.48. The zero-order chi connectivity index (χ0) is 15.1. The quantitative estimate of drug-likeness (QED) is 0.781. The molecule has 20 heavy (non-hydrogen) atoms. The van der Waals surface area contributed by atoms with Crippen LogP contribution >= 0.6 is 11.6 Å². The highest BCUT2D eigenvalue weighted by Crippen LogP contribution is 2.19. The Morgan fingerprint density at radius 2 is 2.00 bits per heavy atom. The topological polar surface area (TPSA) is 119 Å². The number of urea groups is 1. The van der Waals surface area contributed by atoms with E-state index in [2.05, 4.69) is 5.32 Å². The van der Waals surface area contributed by atoms with Crippen molar-refractivity contribution in [2.75, 3.05) is 5.32 Å². The highest BCUT2D eigenvalue weighted by Gasteiger charge is 2.10. The molecule has 3 amide bonds. The first kappa shape index (κ1) is 15.5. The van der Waals surface area contributed by atoms with Gasteiger partial charge in [-0.2, -0.15) is 5.26 Å². The number of benzene rings is 1. The van der Waals surface area contributed by atoms with Crippen LogP contribution < -0.4 is 10.6 Å². The van der Waals surface area contributed by atoms with Gasteiger partial charge in [0.05, 0.1) is 17.0 Å². The molecule has 0 aromatic heterocycles. The highest BCUT2D eigenvalue weighted by molar-refractivity contribution is 6.32. The van der Waals surface area contributed by atoms with Crippen LogP contribution in [0.15, 0.2) is 18.2 Å². The van der Waals surface area contributed by atoms with Gasteiger partial charge in [-0.1, -0.05) is 11.6 Å². The predicted molar refractivity (Wildman–Crippen MR) is 70.2 cm³/mol. The van der Waals surface area contributed by atoms with Crippen LogP contribution in [-0.4, -0.2) is 23.0 Å². The molecule has 0 unspecified atom stereocenters. The zero-order valence-corrected chi connectivity index (χ0v) is 10.9. The van der Waals surface area contributed by atoms with Gasteiger partial charge in [-0.3, -0.25) is 14.9 Å². The summed E-state index contributed by atoms with van der Waals surface area (Å²) in [4.78, 5) is 32.9. The number of amides is 3. The van der Waals surface area contributed by atoms with Crippen molar-refractivity contribution in [2.45, 2.75) is 12.8 Å². The molecule has 1 aromatic carbocycles. The molecule has 0 aliphatic rings. The normalized spacial score (nSPS) is 9.40. The van der Waals surface area contributed by atoms with E-state index >= 15 is 0 Å². The number of rotatable bonds is 4. The average Bonchev–Trinajstić information content (AvgIpc) is 2.36. The van der Waals surface area contributed by atoms with Gasteiger partial charge in [0.1, 0.15) is 6.07 Å². The van der Waals surface area contributed by atoms with Crippen LogP contribution in [0.1, 0.15) is 18.4 Å². The Balaban J connectivity index is 2.54. The van der Waals surface area contributed by atoms with Gasteiger partial charge in [0, 0.05) is 12.1 Å². The lowest BCUT2D eigenvalue weighted by molar-refractivity contribution is -0.138. The molecule has 1 aromatic rings. The molecule has 0 fully saturated rings. The van der Waals surface area contributed by atoms with Crippen molar-refractivity contribution in [3.8, 4) is 6.07 Å². The van der Waals surface area contributed by atoms with E-state index in [4.69, 9.17) is 22.0 Å². The molecule has 0 heterocycles. The lowest BCUT2D eigenvalue weighted by Crippen LogP contribution is -2.34. The SMILES string of the molecule is N#Cc1ccc(NC(=O)NC(=O)CCC(=O)O)cc1Cl. The fourth-order valence-electron chi connectivity index (χ4n) is 1.26. The summed E-state index contributed by atoms with van der Waals surface area (Å²) in [6.45, 7) is 0. The van der Waals surface area contributed by atoms with Crippen molar-refractivity contribution < 1.29 is 19.5 Å². The second-order valence-corrected chi connectivity index (χ2v) is 4.11. The number of hydrogen-bond donors (Lipinski definition) is 3. The number of aliphatic carboxylic acids is 1. The first-order valence-electron chi connectivity index (χ1n) is 5.44. The number of imide groups is 1. The molecular formula is C12H10ClN3O4. The number of nitrogens with one attached hydrogen (secondary N) is 2. The monoisotopic (exact) mass is 295 g/mol. The molecule has 0 bridgehead atoms. The van der Waals surface area contributed by atoms with Crippen molar-refractivity contribution in [3.05, 3.63) is 28.8 Å². The Kier molecular flexibility index (Phi) is 5.50. The number of nitriles is 1. The van der Waals surface area contributed by atoms with Crippen molar-refractivity contribution in [2.24, 2.45) is 0 Å². The summed E-state index contributed by atoms with van der Waals surface area (Å²) >= 11 is 5.78. The number of nitrogens with zero attached hydrogens (tertiary/aromatic N) is 1. The van der Waals surface area contributed by atoms with Gasteiger partial charge in [-0.05, 0) is 18.2 Å². The Labute approximate surface area is 119 Å². The summed E-state index contributed by atoms with van der Waals surface area (Å²) in [5.74, 6) is -1.83. The van der Waals surface area contributed by atoms with Crippen LogP contribution in [-0.2, 0) is 9.59 Å². The third-order valence-corrected chi connectivity index (χ3v) is 2.48. The van der Waals surface area contributed by atoms with Gasteiger partial charge in [0.2, 0.25) is 5.91 Å². The van der Waals surface area contributed by atoms with Crippen LogP contribution in [0.3, 0.4) is 0 Å². The first-order chi connectivity index (χ1) is 9.42. The minimum atomic E-state index is -1.13. The highest BCUT2D eigenvalue weighted by atomic mass is 35.5.